The minimum Gasteiger partial charge on any atom is -0.448 e. The van der Waals surface area contributed by atoms with Crippen LogP contribution in [0.1, 0.15) is 29.4 Å². The molecular formula is C18H14N4O3. The summed E-state index contributed by atoms with van der Waals surface area (Å²) in [6.45, 7) is 1.68. The Morgan fingerprint density at radius 3 is 2.72 bits per heavy atom. The largest absolute Gasteiger partial charge is 0.448 e. The van der Waals surface area contributed by atoms with E-state index in [1.807, 2.05) is 48.5 Å². The molecule has 0 radical (unpaired) electrons. The molecule has 0 spiro atoms. The van der Waals surface area contributed by atoms with E-state index >= 15 is 0 Å². The fraction of sp³-hybridized carbons (Fsp3) is 0.111. The standard InChI is InChI=1S/C18H14N4O3/c1-11(17-19-16(22-25-17)12-7-3-2-4-8-12)24-18(23)15-13-9-5-6-10-14(13)20-21-15/h2-11H,1H3,(H,20,21). The number of aromatic nitrogens is 4. The Labute approximate surface area is 142 Å². The van der Waals surface area contributed by atoms with Gasteiger partial charge in [-0.2, -0.15) is 10.1 Å². The molecule has 7 nitrogen and oxygen atoms in total. The fourth-order valence-electron chi connectivity index (χ4n) is 2.49. The number of aromatic amines is 1. The van der Waals surface area contributed by atoms with Crippen molar-refractivity contribution in [3.8, 4) is 11.4 Å². The van der Waals surface area contributed by atoms with Crippen LogP contribution in [0.25, 0.3) is 22.3 Å². The normalized spacial score (nSPS) is 12.2. The highest BCUT2D eigenvalue weighted by Crippen LogP contribution is 2.23. The van der Waals surface area contributed by atoms with Gasteiger partial charge < -0.3 is 9.26 Å². The molecule has 2 aromatic carbocycles. The SMILES string of the molecule is CC(OC(=O)c1n[nH]c2ccccc12)c1nc(-c2ccccc2)no1. The maximum atomic E-state index is 12.4. The van der Waals surface area contributed by atoms with Crippen molar-refractivity contribution in [2.45, 2.75) is 13.0 Å². The van der Waals surface area contributed by atoms with Gasteiger partial charge in [-0.3, -0.25) is 5.10 Å². The van der Waals surface area contributed by atoms with Crippen molar-refractivity contribution in [1.82, 2.24) is 20.3 Å². The molecule has 25 heavy (non-hydrogen) atoms. The number of nitrogens with zero attached hydrogens (tertiary/aromatic N) is 3. The van der Waals surface area contributed by atoms with Gasteiger partial charge in [0.15, 0.2) is 11.8 Å². The third-order valence-corrected chi connectivity index (χ3v) is 3.77. The quantitative estimate of drug-likeness (QED) is 0.574. The maximum absolute atomic E-state index is 12.4. The average Bonchev–Trinajstić information content (AvgIpc) is 3.30. The van der Waals surface area contributed by atoms with Gasteiger partial charge >= 0.3 is 5.97 Å². The lowest BCUT2D eigenvalue weighted by molar-refractivity contribution is 0.0261. The predicted molar refractivity (Wildman–Crippen MR) is 89.7 cm³/mol. The van der Waals surface area contributed by atoms with Crippen LogP contribution >= 0.6 is 0 Å². The van der Waals surface area contributed by atoms with Gasteiger partial charge in [0.1, 0.15) is 0 Å². The van der Waals surface area contributed by atoms with Gasteiger partial charge in [-0.25, -0.2) is 4.79 Å². The molecule has 7 heteroatoms. The molecule has 0 aliphatic heterocycles. The van der Waals surface area contributed by atoms with Crippen LogP contribution in [0.3, 0.4) is 0 Å². The van der Waals surface area contributed by atoms with Crippen molar-refractivity contribution >= 4 is 16.9 Å². The average molecular weight is 334 g/mol. The van der Waals surface area contributed by atoms with E-state index in [1.54, 1.807) is 13.0 Å². The summed E-state index contributed by atoms with van der Waals surface area (Å²) in [6, 6.07) is 16.8. The summed E-state index contributed by atoms with van der Waals surface area (Å²) < 4.78 is 10.6. The Balaban J connectivity index is 1.53. The van der Waals surface area contributed by atoms with Crippen LogP contribution in [-0.2, 0) is 4.74 Å². The zero-order valence-electron chi connectivity index (χ0n) is 13.3. The summed E-state index contributed by atoms with van der Waals surface area (Å²) in [5, 5.41) is 11.5. The first-order chi connectivity index (χ1) is 12.2. The number of ether oxygens (including phenoxy) is 1. The third-order valence-electron chi connectivity index (χ3n) is 3.77. The lowest BCUT2D eigenvalue weighted by atomic mass is 10.2. The first-order valence-electron chi connectivity index (χ1n) is 7.75. The van der Waals surface area contributed by atoms with E-state index in [1.165, 1.54) is 0 Å². The van der Waals surface area contributed by atoms with Gasteiger partial charge in [0.25, 0.3) is 5.89 Å². The second-order valence-corrected chi connectivity index (χ2v) is 5.49. The molecule has 0 bridgehead atoms. The minimum absolute atomic E-state index is 0.227. The molecule has 0 fully saturated rings. The Kier molecular flexibility index (Phi) is 3.74. The number of hydrogen-bond acceptors (Lipinski definition) is 6. The summed E-state index contributed by atoms with van der Waals surface area (Å²) in [5.74, 6) is 0.125. The van der Waals surface area contributed by atoms with Crippen molar-refractivity contribution in [2.75, 3.05) is 0 Å². The van der Waals surface area contributed by atoms with E-state index in [2.05, 4.69) is 20.3 Å². The lowest BCUT2D eigenvalue weighted by Gasteiger charge is -2.07. The van der Waals surface area contributed by atoms with Crippen molar-refractivity contribution in [3.63, 3.8) is 0 Å². The highest BCUT2D eigenvalue weighted by atomic mass is 16.6. The zero-order valence-corrected chi connectivity index (χ0v) is 13.3. The number of esters is 1. The molecule has 0 aliphatic rings. The Bertz CT molecular complexity index is 1020. The predicted octanol–water partition coefficient (Wildman–Crippen LogP) is 3.53. The monoisotopic (exact) mass is 334 g/mol. The van der Waals surface area contributed by atoms with E-state index in [0.29, 0.717) is 11.2 Å². The van der Waals surface area contributed by atoms with Gasteiger partial charge in [0.2, 0.25) is 5.82 Å². The second kappa shape index (κ2) is 6.20. The van der Waals surface area contributed by atoms with Crippen molar-refractivity contribution in [2.24, 2.45) is 0 Å². The molecule has 0 amide bonds. The number of H-pyrrole nitrogens is 1. The number of carbonyl (C=O) groups is 1. The highest BCUT2D eigenvalue weighted by molar-refractivity contribution is 6.01. The second-order valence-electron chi connectivity index (χ2n) is 5.49. The number of carbonyl (C=O) groups excluding carboxylic acids is 1. The van der Waals surface area contributed by atoms with Crippen molar-refractivity contribution < 1.29 is 14.1 Å². The molecule has 1 N–H and O–H groups in total. The number of fused-ring (bicyclic) bond motifs is 1. The van der Waals surface area contributed by atoms with Gasteiger partial charge in [0.05, 0.1) is 5.52 Å². The van der Waals surface area contributed by atoms with Crippen LogP contribution < -0.4 is 0 Å². The van der Waals surface area contributed by atoms with Gasteiger partial charge in [-0.15, -0.1) is 0 Å². The van der Waals surface area contributed by atoms with Crippen molar-refractivity contribution in [1.29, 1.82) is 0 Å². The van der Waals surface area contributed by atoms with Crippen LogP contribution in [0.4, 0.5) is 0 Å². The zero-order chi connectivity index (χ0) is 17.2. The molecule has 124 valence electrons. The van der Waals surface area contributed by atoms with Gasteiger partial charge in [0, 0.05) is 10.9 Å². The van der Waals surface area contributed by atoms with E-state index < -0.39 is 12.1 Å². The van der Waals surface area contributed by atoms with E-state index in [0.717, 1.165) is 11.1 Å². The van der Waals surface area contributed by atoms with Gasteiger partial charge in [-0.1, -0.05) is 53.7 Å². The Morgan fingerprint density at radius 1 is 1.12 bits per heavy atom. The molecule has 0 aliphatic carbocycles. The topological polar surface area (TPSA) is 93.9 Å². The molecule has 1 unspecified atom stereocenters. The molecular weight excluding hydrogens is 320 g/mol. The molecule has 0 saturated heterocycles. The first kappa shape index (κ1) is 15.1. The van der Waals surface area contributed by atoms with Gasteiger partial charge in [-0.05, 0) is 13.0 Å². The molecule has 1 atom stereocenters. The summed E-state index contributed by atoms with van der Waals surface area (Å²) in [6.07, 6.45) is -0.687. The first-order valence-corrected chi connectivity index (χ1v) is 7.75. The lowest BCUT2D eigenvalue weighted by Crippen LogP contribution is -2.10. The smallest absolute Gasteiger partial charge is 0.360 e. The Morgan fingerprint density at radius 2 is 1.88 bits per heavy atom. The van der Waals surface area contributed by atoms with Crippen LogP contribution in [0.5, 0.6) is 0 Å². The molecule has 2 heterocycles. The summed E-state index contributed by atoms with van der Waals surface area (Å²) in [4.78, 5) is 16.7. The molecule has 4 rings (SSSR count). The highest BCUT2D eigenvalue weighted by Gasteiger charge is 2.22. The minimum atomic E-state index is -0.687. The van der Waals surface area contributed by atoms with Crippen LogP contribution in [0.15, 0.2) is 59.1 Å². The van der Waals surface area contributed by atoms with Crippen LogP contribution in [0.2, 0.25) is 0 Å². The molecule has 4 aromatic rings. The number of nitrogens with one attached hydrogen (secondary N) is 1. The van der Waals surface area contributed by atoms with E-state index in [9.17, 15) is 4.79 Å². The van der Waals surface area contributed by atoms with Crippen molar-refractivity contribution in [3.05, 3.63) is 66.2 Å². The number of para-hydroxylation sites is 1. The van der Waals surface area contributed by atoms with Crippen LogP contribution in [0, 0.1) is 0 Å². The summed E-state index contributed by atoms with van der Waals surface area (Å²) in [5.41, 5.74) is 1.82. The number of hydrogen-bond donors (Lipinski definition) is 1. The van der Waals surface area contributed by atoms with E-state index in [4.69, 9.17) is 9.26 Å². The maximum Gasteiger partial charge on any atom is 0.360 e. The molecule has 0 saturated carbocycles. The Hall–Kier alpha value is -3.48. The number of rotatable bonds is 4. The van der Waals surface area contributed by atoms with Crippen LogP contribution in [-0.4, -0.2) is 26.3 Å². The summed E-state index contributed by atoms with van der Waals surface area (Å²) in [7, 11) is 0. The van der Waals surface area contributed by atoms with E-state index in [-0.39, 0.29) is 11.6 Å². The number of benzene rings is 2. The fourth-order valence-corrected chi connectivity index (χ4v) is 2.49. The summed E-state index contributed by atoms with van der Waals surface area (Å²) >= 11 is 0. The molecule has 2 aromatic heterocycles. The third kappa shape index (κ3) is 2.87.